The van der Waals surface area contributed by atoms with Gasteiger partial charge in [0.2, 0.25) is 0 Å². The van der Waals surface area contributed by atoms with E-state index in [0.717, 1.165) is 25.7 Å². The molecule has 1 aliphatic rings. The van der Waals surface area contributed by atoms with Crippen LogP contribution in [-0.2, 0) is 21.9 Å². The van der Waals surface area contributed by atoms with Crippen molar-refractivity contribution in [1.82, 2.24) is 4.90 Å². The van der Waals surface area contributed by atoms with Crippen LogP contribution in [0.1, 0.15) is 54.1 Å². The number of carbonyl (C=O) groups excluding carboxylic acids is 2. The Hall–Kier alpha value is -2.26. The Balaban J connectivity index is 2.21. The number of benzene rings is 1. The molecule has 156 valence electrons. The first kappa shape index (κ1) is 22.0. The van der Waals surface area contributed by atoms with Crippen molar-refractivity contribution >= 4 is 11.9 Å². The van der Waals surface area contributed by atoms with Crippen LogP contribution in [0, 0.1) is 0 Å². The first-order valence-electron chi connectivity index (χ1n) is 8.69. The molecule has 1 aliphatic heterocycles. The van der Waals surface area contributed by atoms with Crippen LogP contribution in [0.15, 0.2) is 18.2 Å². The second kappa shape index (κ2) is 8.40. The fourth-order valence-electron chi connectivity index (χ4n) is 2.90. The van der Waals surface area contributed by atoms with E-state index in [2.05, 4.69) is 0 Å². The van der Waals surface area contributed by atoms with E-state index in [1.807, 2.05) is 0 Å². The third-order valence-corrected chi connectivity index (χ3v) is 4.37. The standard InChI is InChI=1S/C18H19F6NO3/c1-11(15(26)25-6-4-2-3-5-7-25)28-16(27)12-8-13(17(19,20)21)10-14(9-12)18(22,23)24/h8-11H,2-7H2,1H3. The molecule has 1 atom stereocenters. The number of likely N-dealkylation sites (tertiary alicyclic amines) is 1. The summed E-state index contributed by atoms with van der Waals surface area (Å²) in [6.45, 7) is 2.16. The molecule has 1 amide bonds. The van der Waals surface area contributed by atoms with Gasteiger partial charge in [0.15, 0.2) is 6.10 Å². The summed E-state index contributed by atoms with van der Waals surface area (Å²) in [4.78, 5) is 26.0. The van der Waals surface area contributed by atoms with Gasteiger partial charge in [-0.2, -0.15) is 26.3 Å². The van der Waals surface area contributed by atoms with Gasteiger partial charge in [0.05, 0.1) is 16.7 Å². The van der Waals surface area contributed by atoms with Gasteiger partial charge in [0.25, 0.3) is 5.91 Å². The number of halogens is 6. The molecule has 0 aromatic heterocycles. The van der Waals surface area contributed by atoms with Gasteiger partial charge in [0, 0.05) is 13.1 Å². The largest absolute Gasteiger partial charge is 0.449 e. The van der Waals surface area contributed by atoms with Crippen LogP contribution >= 0.6 is 0 Å². The van der Waals surface area contributed by atoms with Crippen molar-refractivity contribution < 1.29 is 40.7 Å². The molecule has 28 heavy (non-hydrogen) atoms. The number of carbonyl (C=O) groups is 2. The molecule has 2 rings (SSSR count). The Morgan fingerprint density at radius 2 is 1.36 bits per heavy atom. The maximum absolute atomic E-state index is 12.9. The van der Waals surface area contributed by atoms with Crippen molar-refractivity contribution in [3.63, 3.8) is 0 Å². The molecule has 1 aromatic rings. The van der Waals surface area contributed by atoms with Crippen molar-refractivity contribution in [3.8, 4) is 0 Å². The zero-order valence-corrected chi connectivity index (χ0v) is 15.0. The lowest BCUT2D eigenvalue weighted by molar-refractivity contribution is -0.143. The molecule has 0 saturated carbocycles. The molecule has 1 aromatic carbocycles. The number of rotatable bonds is 3. The predicted octanol–water partition coefficient (Wildman–Crippen LogP) is 4.67. The molecule has 0 radical (unpaired) electrons. The average Bonchev–Trinajstić information content (AvgIpc) is 2.88. The zero-order valence-electron chi connectivity index (χ0n) is 15.0. The monoisotopic (exact) mass is 411 g/mol. The molecule has 0 bridgehead atoms. The van der Waals surface area contributed by atoms with Crippen LogP contribution in [0.25, 0.3) is 0 Å². The van der Waals surface area contributed by atoms with Gasteiger partial charge in [-0.25, -0.2) is 4.79 Å². The third kappa shape index (κ3) is 5.62. The molecule has 0 aliphatic carbocycles. The lowest BCUT2D eigenvalue weighted by atomic mass is 10.0. The van der Waals surface area contributed by atoms with Crippen molar-refractivity contribution in [2.75, 3.05) is 13.1 Å². The summed E-state index contributed by atoms with van der Waals surface area (Å²) >= 11 is 0. The number of alkyl halides is 6. The first-order chi connectivity index (χ1) is 12.9. The number of amides is 1. The number of hydrogen-bond acceptors (Lipinski definition) is 3. The molecule has 10 heteroatoms. The minimum Gasteiger partial charge on any atom is -0.449 e. The summed E-state index contributed by atoms with van der Waals surface area (Å²) in [5.74, 6) is -1.95. The molecular weight excluding hydrogens is 392 g/mol. The maximum Gasteiger partial charge on any atom is 0.416 e. The van der Waals surface area contributed by atoms with Gasteiger partial charge in [-0.05, 0) is 38.0 Å². The summed E-state index contributed by atoms with van der Waals surface area (Å²) in [6, 6.07) is 0.476. The zero-order chi connectivity index (χ0) is 21.1. The molecule has 1 unspecified atom stereocenters. The minimum absolute atomic E-state index is 0.0808. The summed E-state index contributed by atoms with van der Waals surface area (Å²) in [6.07, 6.45) is -8.04. The Morgan fingerprint density at radius 1 is 0.893 bits per heavy atom. The maximum atomic E-state index is 12.9. The Bertz CT molecular complexity index is 689. The number of nitrogens with zero attached hydrogens (tertiary/aromatic N) is 1. The highest BCUT2D eigenvalue weighted by Crippen LogP contribution is 2.36. The van der Waals surface area contributed by atoms with Gasteiger partial charge in [-0.15, -0.1) is 0 Å². The first-order valence-corrected chi connectivity index (χ1v) is 8.69. The van der Waals surface area contributed by atoms with E-state index in [1.165, 1.54) is 11.8 Å². The lowest BCUT2D eigenvalue weighted by Gasteiger charge is -2.24. The van der Waals surface area contributed by atoms with Gasteiger partial charge in [-0.3, -0.25) is 4.79 Å². The topological polar surface area (TPSA) is 46.6 Å². The molecule has 1 saturated heterocycles. The van der Waals surface area contributed by atoms with Crippen molar-refractivity contribution in [2.24, 2.45) is 0 Å². The number of hydrogen-bond donors (Lipinski definition) is 0. The summed E-state index contributed by atoms with van der Waals surface area (Å²) in [5.41, 5.74) is -4.17. The SMILES string of the molecule is CC(OC(=O)c1cc(C(F)(F)F)cc(C(F)(F)F)c1)C(=O)N1CCCCCC1. The highest BCUT2D eigenvalue weighted by molar-refractivity contribution is 5.92. The number of ether oxygens (including phenoxy) is 1. The Kier molecular flexibility index (Phi) is 6.61. The molecule has 4 nitrogen and oxygen atoms in total. The third-order valence-electron chi connectivity index (χ3n) is 4.37. The van der Waals surface area contributed by atoms with Crippen LogP contribution in [0.2, 0.25) is 0 Å². The van der Waals surface area contributed by atoms with Crippen LogP contribution in [0.5, 0.6) is 0 Å². The van der Waals surface area contributed by atoms with Gasteiger partial charge >= 0.3 is 18.3 Å². The fraction of sp³-hybridized carbons (Fsp3) is 0.556. The Labute approximate surface area is 157 Å². The summed E-state index contributed by atoms with van der Waals surface area (Å²) < 4.78 is 82.2. The van der Waals surface area contributed by atoms with E-state index >= 15 is 0 Å². The van der Waals surface area contributed by atoms with Crippen LogP contribution in [0.4, 0.5) is 26.3 Å². The van der Waals surface area contributed by atoms with E-state index in [4.69, 9.17) is 4.74 Å². The summed E-state index contributed by atoms with van der Waals surface area (Å²) in [7, 11) is 0. The van der Waals surface area contributed by atoms with Crippen LogP contribution < -0.4 is 0 Å². The Morgan fingerprint density at radius 3 is 1.79 bits per heavy atom. The highest BCUT2D eigenvalue weighted by atomic mass is 19.4. The smallest absolute Gasteiger partial charge is 0.416 e. The molecule has 0 spiro atoms. The average molecular weight is 411 g/mol. The van der Waals surface area contributed by atoms with Crippen LogP contribution in [-0.4, -0.2) is 36.0 Å². The summed E-state index contributed by atoms with van der Waals surface area (Å²) in [5, 5.41) is 0. The minimum atomic E-state index is -5.08. The second-order valence-electron chi connectivity index (χ2n) is 6.58. The van der Waals surface area contributed by atoms with E-state index in [-0.39, 0.29) is 18.2 Å². The highest BCUT2D eigenvalue weighted by Gasteiger charge is 2.38. The van der Waals surface area contributed by atoms with Crippen molar-refractivity contribution in [2.45, 2.75) is 51.1 Å². The van der Waals surface area contributed by atoms with E-state index in [0.29, 0.717) is 13.1 Å². The predicted molar refractivity (Wildman–Crippen MR) is 86.4 cm³/mol. The van der Waals surface area contributed by atoms with E-state index in [1.54, 1.807) is 0 Å². The van der Waals surface area contributed by atoms with Gasteiger partial charge in [0.1, 0.15) is 0 Å². The van der Waals surface area contributed by atoms with Crippen LogP contribution in [0.3, 0.4) is 0 Å². The number of esters is 1. The molecular formula is C18H19F6NO3. The van der Waals surface area contributed by atoms with E-state index in [9.17, 15) is 35.9 Å². The normalized spacial score (nSPS) is 17.0. The quantitative estimate of drug-likeness (QED) is 0.536. The van der Waals surface area contributed by atoms with Gasteiger partial charge < -0.3 is 9.64 Å². The second-order valence-corrected chi connectivity index (χ2v) is 6.58. The molecule has 1 heterocycles. The molecule has 0 N–H and O–H groups in total. The van der Waals surface area contributed by atoms with Crippen molar-refractivity contribution in [1.29, 1.82) is 0 Å². The fourth-order valence-corrected chi connectivity index (χ4v) is 2.90. The lowest BCUT2D eigenvalue weighted by Crippen LogP contribution is -2.40. The molecule has 1 fully saturated rings. The van der Waals surface area contributed by atoms with Gasteiger partial charge in [-0.1, -0.05) is 12.8 Å². The van der Waals surface area contributed by atoms with Crippen molar-refractivity contribution in [3.05, 3.63) is 34.9 Å². The van der Waals surface area contributed by atoms with E-state index < -0.39 is 47.0 Å².